The molecule has 4 heteroatoms. The third kappa shape index (κ3) is 2.37. The molecule has 0 saturated heterocycles. The van der Waals surface area contributed by atoms with Crippen LogP contribution in [-0.4, -0.2) is 19.9 Å². The summed E-state index contributed by atoms with van der Waals surface area (Å²) in [4.78, 5) is 18.8. The topological polar surface area (TPSA) is 54.5 Å². The number of H-pyrrole nitrogens is 1. The normalized spacial score (nSPS) is 12.2. The van der Waals surface area contributed by atoms with Gasteiger partial charge in [-0.05, 0) is 30.3 Å². The quantitative estimate of drug-likeness (QED) is 0.262. The SMILES string of the molecule is c1cc2cc3cc4cc5cccc(c6ccc7ccc8ccc(nc8c7n6)c(c1)c2n3)c5[nH]4. The Hall–Kier alpha value is -4.57. The van der Waals surface area contributed by atoms with Crippen molar-refractivity contribution >= 4 is 76.5 Å². The lowest BCUT2D eigenvalue weighted by atomic mass is 10.1. The molecule has 0 saturated carbocycles. The van der Waals surface area contributed by atoms with Gasteiger partial charge in [0.25, 0.3) is 0 Å². The van der Waals surface area contributed by atoms with Crippen LogP contribution in [0.4, 0.5) is 0 Å². The molecule has 1 N–H and O–H groups in total. The van der Waals surface area contributed by atoms with Gasteiger partial charge in [0.1, 0.15) is 0 Å². The maximum absolute atomic E-state index is 5.13. The van der Waals surface area contributed by atoms with Crippen LogP contribution in [0.2, 0.25) is 0 Å². The lowest BCUT2D eigenvalue weighted by Gasteiger charge is -2.05. The number of nitrogens with one attached hydrogen (secondary N) is 1. The van der Waals surface area contributed by atoms with Crippen LogP contribution in [0.25, 0.3) is 76.5 Å². The van der Waals surface area contributed by atoms with Crippen LogP contribution >= 0.6 is 0 Å². The van der Waals surface area contributed by atoms with Gasteiger partial charge in [0.2, 0.25) is 0 Å². The smallest absolute Gasteiger partial charge is 0.0972 e. The van der Waals surface area contributed by atoms with Crippen molar-refractivity contribution in [3.63, 3.8) is 0 Å². The molecule has 0 aliphatic heterocycles. The molecule has 0 aliphatic rings. The fraction of sp³-hybridized carbons (Fsp3) is 0. The maximum Gasteiger partial charge on any atom is 0.0972 e. The molecule has 8 rings (SSSR count). The molecule has 3 aromatic carbocycles. The van der Waals surface area contributed by atoms with E-state index in [9.17, 15) is 0 Å². The predicted octanol–water partition coefficient (Wildman–Crippen LogP) is 7.27. The van der Waals surface area contributed by atoms with Crippen molar-refractivity contribution in [2.45, 2.75) is 0 Å². The number of nitrogens with zero attached hydrogens (tertiary/aromatic N) is 3. The second-order valence-corrected chi connectivity index (χ2v) is 8.67. The summed E-state index contributed by atoms with van der Waals surface area (Å²) in [6, 6.07) is 31.8. The van der Waals surface area contributed by atoms with Gasteiger partial charge in [0.05, 0.1) is 38.6 Å². The Morgan fingerprint density at radius 2 is 1.15 bits per heavy atom. The molecule has 0 atom stereocenters. The van der Waals surface area contributed by atoms with Crippen molar-refractivity contribution < 1.29 is 0 Å². The van der Waals surface area contributed by atoms with Crippen LogP contribution < -0.4 is 0 Å². The fourth-order valence-electron chi connectivity index (χ4n) is 5.10. The summed E-state index contributed by atoms with van der Waals surface area (Å²) in [6.07, 6.45) is 0. The van der Waals surface area contributed by atoms with Gasteiger partial charge in [0.15, 0.2) is 0 Å². The Balaban J connectivity index is 1.72. The van der Waals surface area contributed by atoms with Crippen molar-refractivity contribution in [3.8, 4) is 0 Å². The molecule has 0 aliphatic carbocycles. The first-order valence-electron chi connectivity index (χ1n) is 11.0. The molecule has 4 nitrogen and oxygen atoms in total. The Bertz CT molecular complexity index is 1940. The zero-order chi connectivity index (χ0) is 21.5. The largest absolute Gasteiger partial charge is 0.354 e. The van der Waals surface area contributed by atoms with E-state index >= 15 is 0 Å². The number of pyridine rings is 2. The number of aromatic nitrogens is 4. The summed E-state index contributed by atoms with van der Waals surface area (Å²) in [6.45, 7) is 0. The van der Waals surface area contributed by atoms with Gasteiger partial charge in [-0.25, -0.2) is 15.0 Å². The first-order chi connectivity index (χ1) is 16.3. The minimum Gasteiger partial charge on any atom is -0.354 e. The van der Waals surface area contributed by atoms with Gasteiger partial charge in [-0.2, -0.15) is 0 Å². The average molecular weight is 420 g/mol. The van der Waals surface area contributed by atoms with E-state index in [4.69, 9.17) is 15.0 Å². The molecule has 152 valence electrons. The van der Waals surface area contributed by atoms with Crippen LogP contribution in [0.3, 0.4) is 0 Å². The number of benzene rings is 3. The molecule has 0 fully saturated rings. The first-order valence-corrected chi connectivity index (χ1v) is 11.0. The summed E-state index contributed by atoms with van der Waals surface area (Å²) in [7, 11) is 0. The zero-order valence-electron chi connectivity index (χ0n) is 17.5. The van der Waals surface area contributed by atoms with Gasteiger partial charge < -0.3 is 4.98 Å². The van der Waals surface area contributed by atoms with Crippen molar-refractivity contribution in [2.24, 2.45) is 0 Å². The second kappa shape index (κ2) is 6.02. The van der Waals surface area contributed by atoms with Crippen LogP contribution in [0.15, 0.2) is 91.0 Å². The molecule has 8 aromatic rings. The highest BCUT2D eigenvalue weighted by Crippen LogP contribution is 2.30. The molecule has 0 radical (unpaired) electrons. The van der Waals surface area contributed by atoms with Gasteiger partial charge in [-0.3, -0.25) is 0 Å². The van der Waals surface area contributed by atoms with Crippen LogP contribution in [0.1, 0.15) is 0 Å². The van der Waals surface area contributed by atoms with E-state index < -0.39 is 0 Å². The molecule has 33 heavy (non-hydrogen) atoms. The van der Waals surface area contributed by atoms with Crippen molar-refractivity contribution in [2.75, 3.05) is 0 Å². The van der Waals surface area contributed by atoms with E-state index in [0.29, 0.717) is 0 Å². The Morgan fingerprint density at radius 1 is 0.485 bits per heavy atom. The highest BCUT2D eigenvalue weighted by atomic mass is 14.8. The van der Waals surface area contributed by atoms with Gasteiger partial charge in [-0.15, -0.1) is 0 Å². The first kappa shape index (κ1) is 17.0. The molecule has 8 bridgehead atoms. The monoisotopic (exact) mass is 420 g/mol. The van der Waals surface area contributed by atoms with Crippen LogP contribution in [-0.2, 0) is 0 Å². The number of rotatable bonds is 0. The van der Waals surface area contributed by atoms with E-state index in [2.05, 4.69) is 96.0 Å². The summed E-state index contributed by atoms with van der Waals surface area (Å²) in [5.41, 5.74) is 7.69. The van der Waals surface area contributed by atoms with E-state index in [1.54, 1.807) is 0 Å². The summed E-state index contributed by atoms with van der Waals surface area (Å²) in [5.74, 6) is 0. The molecule has 0 unspecified atom stereocenters. The average Bonchev–Trinajstić information content (AvgIpc) is 3.45. The Labute approximate surface area is 187 Å². The lowest BCUT2D eigenvalue weighted by molar-refractivity contribution is 1.46. The highest BCUT2D eigenvalue weighted by Gasteiger charge is 2.09. The fourth-order valence-corrected chi connectivity index (χ4v) is 5.10. The van der Waals surface area contributed by atoms with E-state index in [-0.39, 0.29) is 0 Å². The third-order valence-corrected chi connectivity index (χ3v) is 6.66. The van der Waals surface area contributed by atoms with Crippen LogP contribution in [0.5, 0.6) is 0 Å². The molecule has 0 spiro atoms. The minimum absolute atomic E-state index is 0.913. The van der Waals surface area contributed by atoms with E-state index in [0.717, 1.165) is 76.5 Å². The van der Waals surface area contributed by atoms with Gasteiger partial charge >= 0.3 is 0 Å². The Kier molecular flexibility index (Phi) is 3.11. The van der Waals surface area contributed by atoms with Crippen molar-refractivity contribution in [1.29, 1.82) is 0 Å². The molecular formula is C29H16N4. The standard InChI is InChI=1S/C29H16N4/c1-3-18-13-20-15-21-14-19-4-2-6-23(27(19)31-21)25-12-10-17-8-7-16-9-11-24(22(5-1)26(18)30-20)32-28(16)29(17)33-25/h1-15,30H. The van der Waals surface area contributed by atoms with E-state index in [1.165, 1.54) is 0 Å². The number of fused-ring (bicyclic) bond motifs is 6. The lowest BCUT2D eigenvalue weighted by Crippen LogP contribution is -1.87. The number of aromatic amines is 1. The zero-order valence-corrected chi connectivity index (χ0v) is 17.5. The molecule has 5 aromatic heterocycles. The predicted molar refractivity (Wildman–Crippen MR) is 137 cm³/mol. The van der Waals surface area contributed by atoms with Crippen molar-refractivity contribution in [3.05, 3.63) is 91.0 Å². The second-order valence-electron chi connectivity index (χ2n) is 8.67. The van der Waals surface area contributed by atoms with Gasteiger partial charge in [-0.1, -0.05) is 60.7 Å². The number of para-hydroxylation sites is 2. The van der Waals surface area contributed by atoms with Crippen molar-refractivity contribution in [1.82, 2.24) is 19.9 Å². The molecule has 0 amide bonds. The van der Waals surface area contributed by atoms with Crippen LogP contribution in [0, 0.1) is 0 Å². The maximum atomic E-state index is 5.13. The number of hydrogen-bond donors (Lipinski definition) is 1. The summed E-state index contributed by atoms with van der Waals surface area (Å²) in [5, 5.41) is 6.55. The molecular weight excluding hydrogens is 404 g/mol. The molecule has 5 heterocycles. The summed E-state index contributed by atoms with van der Waals surface area (Å²) >= 11 is 0. The van der Waals surface area contributed by atoms with Gasteiger partial charge in [0, 0.05) is 37.8 Å². The highest BCUT2D eigenvalue weighted by molar-refractivity contribution is 6.11. The number of hydrogen-bond acceptors (Lipinski definition) is 3. The third-order valence-electron chi connectivity index (χ3n) is 6.66. The Morgan fingerprint density at radius 3 is 1.94 bits per heavy atom. The summed E-state index contributed by atoms with van der Waals surface area (Å²) < 4.78 is 0. The minimum atomic E-state index is 0.913. The van der Waals surface area contributed by atoms with E-state index in [1.807, 2.05) is 0 Å².